The van der Waals surface area contributed by atoms with Crippen LogP contribution in [0.1, 0.15) is 19.8 Å². The maximum atomic E-state index is 12.3. The first-order valence-electron chi connectivity index (χ1n) is 8.11. The topological polar surface area (TPSA) is 235 Å². The van der Waals surface area contributed by atoms with Gasteiger partial charge >= 0.3 is 5.97 Å². The number of carboxylic acid groups (broad SMARTS) is 1. The van der Waals surface area contributed by atoms with Gasteiger partial charge in [0.25, 0.3) is 0 Å². The number of carboxylic acids is 1. The van der Waals surface area contributed by atoms with Gasteiger partial charge in [-0.3, -0.25) is 19.4 Å². The van der Waals surface area contributed by atoms with Crippen molar-refractivity contribution in [3.05, 3.63) is 0 Å². The minimum Gasteiger partial charge on any atom is -0.480 e. The average Bonchev–Trinajstić information content (AvgIpc) is 2.60. The van der Waals surface area contributed by atoms with Crippen molar-refractivity contribution < 1.29 is 29.4 Å². The maximum absolute atomic E-state index is 12.3. The number of aliphatic hydroxyl groups is 1. The van der Waals surface area contributed by atoms with Gasteiger partial charge in [-0.25, -0.2) is 4.79 Å². The second kappa shape index (κ2) is 12.4. The fraction of sp³-hybridized carbons (Fsp3) is 0.643. The number of nitrogens with zero attached hydrogens (tertiary/aromatic N) is 1. The molecular formula is C14H27N7O6. The molecule has 0 fully saturated rings. The molecule has 27 heavy (non-hydrogen) atoms. The molecule has 0 saturated carbocycles. The zero-order chi connectivity index (χ0) is 21.0. The first-order chi connectivity index (χ1) is 12.6. The van der Waals surface area contributed by atoms with Crippen LogP contribution in [0, 0.1) is 0 Å². The van der Waals surface area contributed by atoms with Crippen LogP contribution in [-0.4, -0.2) is 77.7 Å². The van der Waals surface area contributed by atoms with Gasteiger partial charge in [-0.1, -0.05) is 0 Å². The third-order valence-electron chi connectivity index (χ3n) is 3.33. The Bertz CT molecular complexity index is 564. The molecule has 0 bridgehead atoms. The van der Waals surface area contributed by atoms with Gasteiger partial charge in [0.2, 0.25) is 17.7 Å². The highest BCUT2D eigenvalue weighted by molar-refractivity contribution is 5.93. The molecule has 11 N–H and O–H groups in total. The predicted octanol–water partition coefficient (Wildman–Crippen LogP) is -4.45. The van der Waals surface area contributed by atoms with E-state index >= 15 is 0 Å². The van der Waals surface area contributed by atoms with Crippen LogP contribution in [0.4, 0.5) is 0 Å². The summed E-state index contributed by atoms with van der Waals surface area (Å²) in [4.78, 5) is 50.3. The minimum atomic E-state index is -1.50. The SMILES string of the molecule is CC(NC(=O)C(CCCN=C(N)N)NC(=O)CN)C(=O)NC(CO)C(=O)O. The summed E-state index contributed by atoms with van der Waals surface area (Å²) in [5, 5.41) is 24.6. The molecule has 13 nitrogen and oxygen atoms in total. The van der Waals surface area contributed by atoms with Gasteiger partial charge in [-0.15, -0.1) is 0 Å². The second-order valence-electron chi connectivity index (χ2n) is 5.59. The van der Waals surface area contributed by atoms with E-state index in [9.17, 15) is 19.2 Å². The zero-order valence-corrected chi connectivity index (χ0v) is 15.0. The Labute approximate surface area is 155 Å². The van der Waals surface area contributed by atoms with Crippen molar-refractivity contribution in [2.24, 2.45) is 22.2 Å². The predicted molar refractivity (Wildman–Crippen MR) is 95.2 cm³/mol. The number of nitrogens with one attached hydrogen (secondary N) is 3. The molecule has 0 aromatic carbocycles. The van der Waals surface area contributed by atoms with E-state index in [0.717, 1.165) is 0 Å². The molecule has 0 aliphatic rings. The Morgan fingerprint density at radius 3 is 2.15 bits per heavy atom. The van der Waals surface area contributed by atoms with Gasteiger partial charge in [0.15, 0.2) is 5.96 Å². The summed E-state index contributed by atoms with van der Waals surface area (Å²) >= 11 is 0. The fourth-order valence-electron chi connectivity index (χ4n) is 1.89. The summed E-state index contributed by atoms with van der Waals surface area (Å²) in [6.07, 6.45) is 0.546. The largest absolute Gasteiger partial charge is 0.480 e. The fourth-order valence-corrected chi connectivity index (χ4v) is 1.89. The number of carbonyl (C=O) groups is 4. The molecule has 0 saturated heterocycles. The Balaban J connectivity index is 4.83. The molecule has 0 rings (SSSR count). The normalized spacial score (nSPS) is 13.6. The lowest BCUT2D eigenvalue weighted by atomic mass is 10.1. The van der Waals surface area contributed by atoms with E-state index in [0.29, 0.717) is 6.42 Å². The number of nitrogens with two attached hydrogens (primary N) is 3. The molecule has 0 spiro atoms. The smallest absolute Gasteiger partial charge is 0.328 e. The lowest BCUT2D eigenvalue weighted by Gasteiger charge is -2.21. The van der Waals surface area contributed by atoms with Crippen molar-refractivity contribution in [1.82, 2.24) is 16.0 Å². The Morgan fingerprint density at radius 1 is 1.04 bits per heavy atom. The number of carbonyl (C=O) groups excluding carboxylic acids is 3. The van der Waals surface area contributed by atoms with Gasteiger partial charge in [0.1, 0.15) is 18.1 Å². The van der Waals surface area contributed by atoms with Crippen molar-refractivity contribution >= 4 is 29.7 Å². The third kappa shape index (κ3) is 9.96. The Hall–Kier alpha value is -2.93. The van der Waals surface area contributed by atoms with Crippen molar-refractivity contribution in [3.63, 3.8) is 0 Å². The molecule has 0 aromatic rings. The Morgan fingerprint density at radius 2 is 1.67 bits per heavy atom. The van der Waals surface area contributed by atoms with Crippen LogP contribution in [0.5, 0.6) is 0 Å². The number of hydrogen-bond acceptors (Lipinski definition) is 7. The van der Waals surface area contributed by atoms with Gasteiger partial charge in [-0.05, 0) is 19.8 Å². The summed E-state index contributed by atoms with van der Waals surface area (Å²) in [6.45, 7) is 0.425. The van der Waals surface area contributed by atoms with Crippen molar-refractivity contribution in [1.29, 1.82) is 0 Å². The molecule has 0 radical (unpaired) electrons. The highest BCUT2D eigenvalue weighted by atomic mass is 16.4. The van der Waals surface area contributed by atoms with Crippen molar-refractivity contribution in [2.75, 3.05) is 19.7 Å². The van der Waals surface area contributed by atoms with E-state index in [1.807, 2.05) is 0 Å². The van der Waals surface area contributed by atoms with Gasteiger partial charge in [-0.2, -0.15) is 0 Å². The van der Waals surface area contributed by atoms with Crippen LogP contribution in [0.3, 0.4) is 0 Å². The monoisotopic (exact) mass is 389 g/mol. The second-order valence-corrected chi connectivity index (χ2v) is 5.59. The van der Waals surface area contributed by atoms with Crippen molar-refractivity contribution in [3.8, 4) is 0 Å². The highest BCUT2D eigenvalue weighted by Gasteiger charge is 2.26. The van der Waals surface area contributed by atoms with E-state index in [1.165, 1.54) is 6.92 Å². The summed E-state index contributed by atoms with van der Waals surface area (Å²) in [6, 6.07) is -3.59. The number of aliphatic imine (C=N–C) groups is 1. The quantitative estimate of drug-likeness (QED) is 0.0911. The van der Waals surface area contributed by atoms with E-state index in [4.69, 9.17) is 27.4 Å². The van der Waals surface area contributed by atoms with Crippen LogP contribution < -0.4 is 33.2 Å². The third-order valence-corrected chi connectivity index (χ3v) is 3.33. The highest BCUT2D eigenvalue weighted by Crippen LogP contribution is 2.00. The number of hydrogen-bond donors (Lipinski definition) is 8. The van der Waals surface area contributed by atoms with Gasteiger partial charge in [0, 0.05) is 6.54 Å². The first-order valence-corrected chi connectivity index (χ1v) is 8.11. The average molecular weight is 389 g/mol. The molecule has 0 aliphatic carbocycles. The number of aliphatic carboxylic acids is 1. The van der Waals surface area contributed by atoms with Crippen molar-refractivity contribution in [2.45, 2.75) is 37.9 Å². The summed E-state index contributed by atoms with van der Waals surface area (Å²) < 4.78 is 0. The molecule has 0 aliphatic heterocycles. The summed E-state index contributed by atoms with van der Waals surface area (Å²) in [5.41, 5.74) is 15.6. The molecular weight excluding hydrogens is 362 g/mol. The summed E-state index contributed by atoms with van der Waals surface area (Å²) in [5.74, 6) is -3.57. The number of guanidine groups is 1. The van der Waals surface area contributed by atoms with E-state index in [1.54, 1.807) is 0 Å². The van der Waals surface area contributed by atoms with E-state index < -0.39 is 48.4 Å². The molecule has 3 amide bonds. The van der Waals surface area contributed by atoms with Crippen LogP contribution in [-0.2, 0) is 19.2 Å². The van der Waals surface area contributed by atoms with Crippen LogP contribution in [0.15, 0.2) is 4.99 Å². The standard InChI is InChI=1S/C14H27N7O6/c1-7(11(24)21-9(6-22)13(26)27)19-12(25)8(20-10(23)5-15)3-2-4-18-14(16)17/h7-9,22H,2-6,15H2,1H3,(H,19,25)(H,20,23)(H,21,24)(H,26,27)(H4,16,17,18). The number of rotatable bonds is 12. The molecule has 3 atom stereocenters. The summed E-state index contributed by atoms with van der Waals surface area (Å²) in [7, 11) is 0. The molecule has 0 aromatic heterocycles. The maximum Gasteiger partial charge on any atom is 0.328 e. The van der Waals surface area contributed by atoms with Gasteiger partial charge in [0.05, 0.1) is 13.2 Å². The molecule has 3 unspecified atom stereocenters. The molecule has 0 heterocycles. The zero-order valence-electron chi connectivity index (χ0n) is 15.0. The number of aliphatic hydroxyl groups excluding tert-OH is 1. The van der Waals surface area contributed by atoms with Gasteiger partial charge < -0.3 is 43.4 Å². The van der Waals surface area contributed by atoms with Crippen LogP contribution >= 0.6 is 0 Å². The number of amides is 3. The lowest BCUT2D eigenvalue weighted by molar-refractivity contribution is -0.143. The molecule has 13 heteroatoms. The van der Waals surface area contributed by atoms with E-state index in [-0.39, 0.29) is 25.5 Å². The molecule has 154 valence electrons. The van der Waals surface area contributed by atoms with Crippen LogP contribution in [0.25, 0.3) is 0 Å². The Kier molecular flexibility index (Phi) is 11.1. The first kappa shape index (κ1) is 24.1. The lowest BCUT2D eigenvalue weighted by Crippen LogP contribution is -2.55. The minimum absolute atomic E-state index is 0.107. The van der Waals surface area contributed by atoms with E-state index in [2.05, 4.69) is 20.9 Å². The van der Waals surface area contributed by atoms with Crippen LogP contribution in [0.2, 0.25) is 0 Å².